The molecule has 2 rings (SSSR count). The number of amides is 2. The fraction of sp³-hybridized carbons (Fsp3) is 0.167. The fourth-order valence-corrected chi connectivity index (χ4v) is 2.51. The molecule has 0 unspecified atom stereocenters. The molecule has 136 valence electrons. The van der Waals surface area contributed by atoms with Crippen LogP contribution in [0.15, 0.2) is 35.4 Å². The Kier molecular flexibility index (Phi) is 6.60. The summed E-state index contributed by atoms with van der Waals surface area (Å²) in [6.45, 7) is 3.54. The molecule has 2 aromatic carbocycles. The molecule has 0 atom stereocenters. The monoisotopic (exact) mass is 393 g/mol. The number of hydrogen-bond acceptors (Lipinski definition) is 4. The maximum Gasteiger partial charge on any atom is 0.249 e. The number of carbonyl (C=O) groups excluding carboxylic acids is 2. The van der Waals surface area contributed by atoms with Gasteiger partial charge in [0.05, 0.1) is 16.3 Å². The predicted molar refractivity (Wildman–Crippen MR) is 103 cm³/mol. The van der Waals surface area contributed by atoms with Crippen molar-refractivity contribution in [3.63, 3.8) is 0 Å². The van der Waals surface area contributed by atoms with Gasteiger partial charge in [-0.25, -0.2) is 5.43 Å². The molecular formula is C18H17Cl2N3O3. The topological polar surface area (TPSA) is 90.8 Å². The highest BCUT2D eigenvalue weighted by Gasteiger charge is 2.10. The lowest BCUT2D eigenvalue weighted by Crippen LogP contribution is -2.24. The molecule has 0 fully saturated rings. The van der Waals surface area contributed by atoms with E-state index in [0.717, 1.165) is 5.56 Å². The molecule has 6 nitrogen and oxygen atoms in total. The second kappa shape index (κ2) is 8.69. The third-order valence-electron chi connectivity index (χ3n) is 3.44. The van der Waals surface area contributed by atoms with Crippen molar-refractivity contribution < 1.29 is 14.7 Å². The predicted octanol–water partition coefficient (Wildman–Crippen LogP) is 3.79. The number of phenolic OH excluding ortho intramolecular Hbond substituents is 1. The molecule has 8 heteroatoms. The molecule has 0 heterocycles. The molecule has 0 bridgehead atoms. The zero-order chi connectivity index (χ0) is 19.3. The molecule has 26 heavy (non-hydrogen) atoms. The Morgan fingerprint density at radius 3 is 2.35 bits per heavy atom. The highest BCUT2D eigenvalue weighted by atomic mass is 35.5. The van der Waals surface area contributed by atoms with Gasteiger partial charge in [0.25, 0.3) is 0 Å². The highest BCUT2D eigenvalue weighted by molar-refractivity contribution is 6.42. The van der Waals surface area contributed by atoms with E-state index in [1.54, 1.807) is 38.1 Å². The van der Waals surface area contributed by atoms with Gasteiger partial charge in [0.2, 0.25) is 11.8 Å². The van der Waals surface area contributed by atoms with E-state index < -0.39 is 18.2 Å². The van der Waals surface area contributed by atoms with Crippen LogP contribution < -0.4 is 10.7 Å². The van der Waals surface area contributed by atoms with E-state index in [0.29, 0.717) is 26.9 Å². The summed E-state index contributed by atoms with van der Waals surface area (Å²) in [6.07, 6.45) is 1.04. The van der Waals surface area contributed by atoms with E-state index >= 15 is 0 Å². The lowest BCUT2D eigenvalue weighted by molar-refractivity contribution is -0.126. The number of hydrogen-bond donors (Lipinski definition) is 3. The summed E-state index contributed by atoms with van der Waals surface area (Å²) < 4.78 is 0. The van der Waals surface area contributed by atoms with Crippen molar-refractivity contribution in [2.45, 2.75) is 20.3 Å². The van der Waals surface area contributed by atoms with Crippen LogP contribution in [-0.4, -0.2) is 23.1 Å². The van der Waals surface area contributed by atoms with Crippen LogP contribution in [0.4, 0.5) is 5.69 Å². The number of carbonyl (C=O) groups is 2. The fourth-order valence-electron chi connectivity index (χ4n) is 2.21. The van der Waals surface area contributed by atoms with Crippen molar-refractivity contribution in [3.05, 3.63) is 57.1 Å². The average Bonchev–Trinajstić information content (AvgIpc) is 2.55. The normalized spacial score (nSPS) is 10.8. The Morgan fingerprint density at radius 2 is 1.73 bits per heavy atom. The Labute approximate surface area is 160 Å². The molecule has 0 saturated carbocycles. The van der Waals surface area contributed by atoms with Gasteiger partial charge in [-0.15, -0.1) is 0 Å². The molecule has 0 aliphatic rings. The van der Waals surface area contributed by atoms with Crippen molar-refractivity contribution in [3.8, 4) is 5.75 Å². The molecule has 0 aromatic heterocycles. The molecule has 3 N–H and O–H groups in total. The van der Waals surface area contributed by atoms with E-state index in [4.69, 9.17) is 23.2 Å². The number of hydrazone groups is 1. The second-order valence-corrected chi connectivity index (χ2v) is 6.46. The van der Waals surface area contributed by atoms with Crippen LogP contribution in [-0.2, 0) is 9.59 Å². The van der Waals surface area contributed by atoms with E-state index in [1.807, 2.05) is 0 Å². The first-order valence-electron chi connectivity index (χ1n) is 7.63. The van der Waals surface area contributed by atoms with Gasteiger partial charge in [-0.2, -0.15) is 5.10 Å². The highest BCUT2D eigenvalue weighted by Crippen LogP contribution is 2.25. The Hall–Kier alpha value is -2.57. The largest absolute Gasteiger partial charge is 0.507 e. The van der Waals surface area contributed by atoms with Crippen molar-refractivity contribution in [2.75, 3.05) is 5.32 Å². The van der Waals surface area contributed by atoms with Gasteiger partial charge in [-0.1, -0.05) is 23.2 Å². The van der Waals surface area contributed by atoms with Gasteiger partial charge >= 0.3 is 0 Å². The van der Waals surface area contributed by atoms with Crippen molar-refractivity contribution in [1.82, 2.24) is 5.43 Å². The lowest BCUT2D eigenvalue weighted by Gasteiger charge is -2.06. The van der Waals surface area contributed by atoms with Crippen molar-refractivity contribution in [1.29, 1.82) is 0 Å². The zero-order valence-electron chi connectivity index (χ0n) is 14.1. The van der Waals surface area contributed by atoms with Gasteiger partial charge in [-0.3, -0.25) is 9.59 Å². The smallest absolute Gasteiger partial charge is 0.249 e. The van der Waals surface area contributed by atoms with Crippen LogP contribution in [0.5, 0.6) is 5.75 Å². The van der Waals surface area contributed by atoms with Gasteiger partial charge < -0.3 is 10.4 Å². The molecule has 0 saturated heterocycles. The first-order chi connectivity index (χ1) is 12.3. The van der Waals surface area contributed by atoms with Crippen LogP contribution in [0.25, 0.3) is 0 Å². The third kappa shape index (κ3) is 5.47. The number of benzene rings is 2. The molecule has 0 aliphatic heterocycles. The Balaban J connectivity index is 1.88. The van der Waals surface area contributed by atoms with Crippen LogP contribution in [0, 0.1) is 13.8 Å². The molecule has 0 spiro atoms. The number of halogens is 2. The molecule has 0 aliphatic carbocycles. The van der Waals surface area contributed by atoms with Gasteiger partial charge in [-0.05, 0) is 60.9 Å². The van der Waals surface area contributed by atoms with E-state index in [2.05, 4.69) is 15.8 Å². The Bertz CT molecular complexity index is 859. The first-order valence-corrected chi connectivity index (χ1v) is 8.39. The number of anilines is 1. The summed E-state index contributed by atoms with van der Waals surface area (Å²) in [7, 11) is 0. The summed E-state index contributed by atoms with van der Waals surface area (Å²) in [5.41, 5.74) is 4.86. The standard InChI is InChI=1S/C18H17Cl2N3O3/c1-10-5-12(6-11(2)18(10)26)9-21-23-17(25)8-16(24)22-13-3-4-14(19)15(20)7-13/h3-7,9,26H,8H2,1-2H3,(H,22,24)(H,23,25)/b21-9+. The first kappa shape index (κ1) is 19.8. The number of aryl methyl sites for hydroxylation is 2. The van der Waals surface area contributed by atoms with Gasteiger partial charge in [0.15, 0.2) is 0 Å². The van der Waals surface area contributed by atoms with Crippen LogP contribution in [0.3, 0.4) is 0 Å². The molecule has 2 amide bonds. The number of aromatic hydroxyl groups is 1. The quantitative estimate of drug-likeness (QED) is 0.409. The third-order valence-corrected chi connectivity index (χ3v) is 4.18. The van der Waals surface area contributed by atoms with E-state index in [9.17, 15) is 14.7 Å². The molecule has 2 aromatic rings. The minimum atomic E-state index is -0.564. The molecular weight excluding hydrogens is 377 g/mol. The van der Waals surface area contributed by atoms with Crippen molar-refractivity contribution >= 4 is 46.9 Å². The van der Waals surface area contributed by atoms with Crippen LogP contribution in [0.1, 0.15) is 23.1 Å². The summed E-state index contributed by atoms with van der Waals surface area (Å²) in [4.78, 5) is 23.6. The molecule has 0 radical (unpaired) electrons. The maximum absolute atomic E-state index is 11.9. The number of rotatable bonds is 5. The van der Waals surface area contributed by atoms with Crippen molar-refractivity contribution in [2.24, 2.45) is 5.10 Å². The average molecular weight is 394 g/mol. The summed E-state index contributed by atoms with van der Waals surface area (Å²) >= 11 is 11.7. The summed E-state index contributed by atoms with van der Waals surface area (Å²) in [5, 5.41) is 16.8. The van der Waals surface area contributed by atoms with E-state index in [1.165, 1.54) is 12.3 Å². The summed E-state index contributed by atoms with van der Waals surface area (Å²) in [5.74, 6) is -0.844. The summed E-state index contributed by atoms with van der Waals surface area (Å²) in [6, 6.07) is 8.08. The SMILES string of the molecule is Cc1cc(/C=N/NC(=O)CC(=O)Nc2ccc(Cl)c(Cl)c2)cc(C)c1O. The number of nitrogens with zero attached hydrogens (tertiary/aromatic N) is 1. The minimum absolute atomic E-state index is 0.227. The zero-order valence-corrected chi connectivity index (χ0v) is 15.6. The minimum Gasteiger partial charge on any atom is -0.507 e. The van der Waals surface area contributed by atoms with Crippen LogP contribution >= 0.6 is 23.2 Å². The lowest BCUT2D eigenvalue weighted by atomic mass is 10.1. The van der Waals surface area contributed by atoms with Gasteiger partial charge in [0, 0.05) is 5.69 Å². The van der Waals surface area contributed by atoms with Crippen LogP contribution in [0.2, 0.25) is 10.0 Å². The Morgan fingerprint density at radius 1 is 1.08 bits per heavy atom. The van der Waals surface area contributed by atoms with Gasteiger partial charge in [0.1, 0.15) is 12.2 Å². The number of nitrogens with one attached hydrogen (secondary N) is 2. The second-order valence-electron chi connectivity index (χ2n) is 5.65. The van der Waals surface area contributed by atoms with E-state index in [-0.39, 0.29) is 5.75 Å². The number of phenols is 1. The maximum atomic E-state index is 11.9.